The van der Waals surface area contributed by atoms with Crippen molar-refractivity contribution < 1.29 is 0 Å². The van der Waals surface area contributed by atoms with E-state index >= 15 is 0 Å². The quantitative estimate of drug-likeness (QED) is 0.685. The van der Waals surface area contributed by atoms with Gasteiger partial charge in [0.2, 0.25) is 0 Å². The highest BCUT2D eigenvalue weighted by Gasteiger charge is 2.59. The lowest BCUT2D eigenvalue weighted by Crippen LogP contribution is -2.49. The summed E-state index contributed by atoms with van der Waals surface area (Å²) in [6.45, 7) is 14.3. The summed E-state index contributed by atoms with van der Waals surface area (Å²) in [7, 11) is 2.23. The van der Waals surface area contributed by atoms with Gasteiger partial charge in [-0.2, -0.15) is 0 Å². The summed E-state index contributed by atoms with van der Waals surface area (Å²) in [5.41, 5.74) is 5.57. The Morgan fingerprint density at radius 1 is 1.46 bits per heavy atom. The van der Waals surface area contributed by atoms with Crippen molar-refractivity contribution in [2.24, 2.45) is 5.41 Å². The zero-order valence-corrected chi connectivity index (χ0v) is 17.1. The first kappa shape index (κ1) is 17.8. The molecule has 0 aliphatic carbocycles. The Labute approximate surface area is 155 Å². The molecule has 0 unspecified atom stereocenters. The van der Waals surface area contributed by atoms with Crippen LogP contribution in [0.3, 0.4) is 0 Å². The monoisotopic (exact) mass is 388 g/mol. The molecule has 1 fully saturated rings. The molecule has 3 rings (SSSR count). The predicted molar refractivity (Wildman–Crippen MR) is 108 cm³/mol. The Bertz CT molecular complexity index is 700. The second-order valence-electron chi connectivity index (χ2n) is 8.15. The number of hydrogen-bond donors (Lipinski definition) is 1. The highest BCUT2D eigenvalue weighted by atomic mass is 79.9. The summed E-state index contributed by atoms with van der Waals surface area (Å²) >= 11 is 3.78. The first-order valence-electron chi connectivity index (χ1n) is 8.79. The maximum atomic E-state index is 4.16. The van der Waals surface area contributed by atoms with Gasteiger partial charge in [0.1, 0.15) is 0 Å². The van der Waals surface area contributed by atoms with Crippen LogP contribution in [-0.2, 0) is 11.8 Å². The minimum Gasteiger partial charge on any atom is -0.369 e. The summed E-state index contributed by atoms with van der Waals surface area (Å²) in [6.07, 6.45) is 6.93. The van der Waals surface area contributed by atoms with Gasteiger partial charge in [-0.25, -0.2) is 0 Å². The van der Waals surface area contributed by atoms with Gasteiger partial charge >= 0.3 is 0 Å². The lowest BCUT2D eigenvalue weighted by molar-refractivity contribution is 0.178. The van der Waals surface area contributed by atoms with Gasteiger partial charge in [0.15, 0.2) is 0 Å². The SMILES string of the molecule is C=CC(C)(C)[C@@]12CCN(C)[C@@H]1Nc1cc(Br)c(CC=C(C)C)cc12. The summed E-state index contributed by atoms with van der Waals surface area (Å²) in [5.74, 6) is 0. The Kier molecular flexibility index (Phi) is 4.46. The smallest absolute Gasteiger partial charge is 0.0899 e. The number of nitrogens with one attached hydrogen (secondary N) is 1. The minimum absolute atomic E-state index is 0.0300. The zero-order valence-electron chi connectivity index (χ0n) is 15.5. The van der Waals surface area contributed by atoms with Gasteiger partial charge in [-0.15, -0.1) is 6.58 Å². The lowest BCUT2D eigenvalue weighted by atomic mass is 9.60. The standard InChI is InChI=1S/C21H29BrN2/c1-7-20(4,5)21-10-11-24(6)19(21)23-18-13-17(22)15(12-16(18)21)9-8-14(2)3/h7-8,12-13,19,23H,1,9-11H2,2-6H3/t19-,21+/m0/s1. The van der Waals surface area contributed by atoms with Gasteiger partial charge < -0.3 is 5.32 Å². The van der Waals surface area contributed by atoms with Crippen LogP contribution in [0, 0.1) is 5.41 Å². The van der Waals surface area contributed by atoms with Crippen LogP contribution < -0.4 is 5.32 Å². The van der Waals surface area contributed by atoms with Gasteiger partial charge in [-0.05, 0) is 56.3 Å². The summed E-state index contributed by atoms with van der Waals surface area (Å²) < 4.78 is 1.19. The van der Waals surface area contributed by atoms with Crippen LogP contribution in [0.5, 0.6) is 0 Å². The molecule has 1 saturated heterocycles. The summed E-state index contributed by atoms with van der Waals surface area (Å²) in [6, 6.07) is 4.70. The van der Waals surface area contributed by atoms with Crippen LogP contribution in [0.1, 0.15) is 45.2 Å². The molecule has 3 heteroatoms. The number of anilines is 1. The average molecular weight is 389 g/mol. The molecule has 0 saturated carbocycles. The fourth-order valence-electron chi connectivity index (χ4n) is 4.44. The highest BCUT2D eigenvalue weighted by Crippen LogP contribution is 2.58. The maximum Gasteiger partial charge on any atom is 0.0899 e. The number of allylic oxidation sites excluding steroid dienone is 3. The van der Waals surface area contributed by atoms with Crippen LogP contribution >= 0.6 is 15.9 Å². The van der Waals surface area contributed by atoms with Crippen LogP contribution in [0.4, 0.5) is 5.69 Å². The van der Waals surface area contributed by atoms with E-state index in [2.05, 4.69) is 91.8 Å². The molecular formula is C21H29BrN2. The molecule has 24 heavy (non-hydrogen) atoms. The van der Waals surface area contributed by atoms with Crippen molar-refractivity contribution in [3.05, 3.63) is 52.0 Å². The van der Waals surface area contributed by atoms with Gasteiger partial charge in [0.25, 0.3) is 0 Å². The number of halogens is 1. The Balaban J connectivity index is 2.16. The molecule has 0 spiro atoms. The maximum absolute atomic E-state index is 4.16. The normalized spacial score (nSPS) is 25.8. The van der Waals surface area contributed by atoms with E-state index in [0.717, 1.165) is 19.4 Å². The molecule has 1 aromatic rings. The highest BCUT2D eigenvalue weighted by molar-refractivity contribution is 9.10. The molecule has 0 amide bonds. The van der Waals surface area contributed by atoms with E-state index in [1.165, 1.54) is 26.9 Å². The van der Waals surface area contributed by atoms with Crippen molar-refractivity contribution in [3.63, 3.8) is 0 Å². The molecular weight excluding hydrogens is 360 g/mol. The first-order chi connectivity index (χ1) is 11.2. The molecule has 2 aliphatic heterocycles. The van der Waals surface area contributed by atoms with Gasteiger partial charge in [-0.3, -0.25) is 4.90 Å². The number of likely N-dealkylation sites (N-methyl/N-ethyl adjacent to an activating group) is 1. The van der Waals surface area contributed by atoms with Crippen molar-refractivity contribution in [3.8, 4) is 0 Å². The Morgan fingerprint density at radius 2 is 2.17 bits per heavy atom. The number of rotatable bonds is 4. The molecule has 2 aliphatic rings. The van der Waals surface area contributed by atoms with Crippen molar-refractivity contribution in [1.29, 1.82) is 0 Å². The average Bonchev–Trinajstić information content (AvgIpc) is 3.01. The zero-order chi connectivity index (χ0) is 17.7. The van der Waals surface area contributed by atoms with E-state index in [1.54, 1.807) is 0 Å². The molecule has 0 aromatic heterocycles. The van der Waals surface area contributed by atoms with E-state index in [1.807, 2.05) is 0 Å². The van der Waals surface area contributed by atoms with E-state index in [4.69, 9.17) is 0 Å². The number of likely N-dealkylation sites (tertiary alicyclic amines) is 1. The second kappa shape index (κ2) is 6.03. The molecule has 1 aromatic carbocycles. The Morgan fingerprint density at radius 3 is 2.79 bits per heavy atom. The molecule has 2 heterocycles. The van der Waals surface area contributed by atoms with Crippen LogP contribution in [-0.4, -0.2) is 24.7 Å². The van der Waals surface area contributed by atoms with E-state index in [9.17, 15) is 0 Å². The van der Waals surface area contributed by atoms with Crippen molar-refractivity contribution in [1.82, 2.24) is 4.90 Å². The minimum atomic E-state index is 0.0300. The number of hydrogen-bond acceptors (Lipinski definition) is 2. The predicted octanol–water partition coefficient (Wildman–Crippen LogP) is 5.49. The number of benzene rings is 1. The van der Waals surface area contributed by atoms with Crippen molar-refractivity contribution in [2.45, 2.75) is 52.1 Å². The van der Waals surface area contributed by atoms with Crippen molar-refractivity contribution >= 4 is 21.6 Å². The largest absolute Gasteiger partial charge is 0.369 e. The van der Waals surface area contributed by atoms with E-state index < -0.39 is 0 Å². The molecule has 0 bridgehead atoms. The second-order valence-corrected chi connectivity index (χ2v) is 9.00. The number of fused-ring (bicyclic) bond motifs is 3. The van der Waals surface area contributed by atoms with Gasteiger partial charge in [-0.1, -0.05) is 53.6 Å². The summed E-state index contributed by atoms with van der Waals surface area (Å²) in [4.78, 5) is 2.45. The molecule has 2 atom stereocenters. The topological polar surface area (TPSA) is 15.3 Å². The van der Waals surface area contributed by atoms with Crippen LogP contribution in [0.2, 0.25) is 0 Å². The fraction of sp³-hybridized carbons (Fsp3) is 0.524. The number of nitrogens with zero attached hydrogens (tertiary/aromatic N) is 1. The van der Waals surface area contributed by atoms with Gasteiger partial charge in [0, 0.05) is 22.1 Å². The van der Waals surface area contributed by atoms with Crippen molar-refractivity contribution in [2.75, 3.05) is 18.9 Å². The molecule has 0 radical (unpaired) electrons. The first-order valence-corrected chi connectivity index (χ1v) is 9.59. The fourth-order valence-corrected chi connectivity index (χ4v) is 4.94. The lowest BCUT2D eigenvalue weighted by Gasteiger charge is -2.43. The van der Waals surface area contributed by atoms with Crippen LogP contribution in [0.25, 0.3) is 0 Å². The molecule has 1 N–H and O–H groups in total. The van der Waals surface area contributed by atoms with E-state index in [0.29, 0.717) is 6.17 Å². The molecule has 130 valence electrons. The third-order valence-electron chi connectivity index (χ3n) is 6.12. The van der Waals surface area contributed by atoms with E-state index in [-0.39, 0.29) is 10.8 Å². The van der Waals surface area contributed by atoms with Gasteiger partial charge in [0.05, 0.1) is 6.17 Å². The third kappa shape index (κ3) is 2.48. The third-order valence-corrected chi connectivity index (χ3v) is 6.85. The summed E-state index contributed by atoms with van der Waals surface area (Å²) in [5, 5.41) is 3.79. The Hall–Kier alpha value is -1.06. The molecule has 2 nitrogen and oxygen atoms in total. The van der Waals surface area contributed by atoms with Crippen LogP contribution in [0.15, 0.2) is 40.9 Å².